The molecule has 1 aromatic heterocycles. The van der Waals surface area contributed by atoms with Crippen LogP contribution in [-0.2, 0) is 11.3 Å². The van der Waals surface area contributed by atoms with Gasteiger partial charge in [0.05, 0.1) is 11.4 Å². The summed E-state index contributed by atoms with van der Waals surface area (Å²) in [5.41, 5.74) is 7.43. The molecule has 0 unspecified atom stereocenters. The summed E-state index contributed by atoms with van der Waals surface area (Å²) in [5, 5.41) is -0.229. The molecule has 0 aliphatic carbocycles. The lowest BCUT2D eigenvalue weighted by Crippen LogP contribution is -2.27. The van der Waals surface area contributed by atoms with Gasteiger partial charge in [0.1, 0.15) is 0 Å². The normalized spacial score (nSPS) is 15.3. The average molecular weight is 621 g/mol. The number of nitrogens with zero attached hydrogens (tertiary/aromatic N) is 2. The summed E-state index contributed by atoms with van der Waals surface area (Å²) in [5.74, 6) is -0.237. The third-order valence-corrected chi connectivity index (χ3v) is 8.44. The lowest BCUT2D eigenvalue weighted by molar-refractivity contribution is -0.123. The van der Waals surface area contributed by atoms with Crippen molar-refractivity contribution in [2.45, 2.75) is 34.2 Å². The number of amides is 2. The second-order valence-corrected chi connectivity index (χ2v) is 11.0. The highest BCUT2D eigenvalue weighted by atomic mass is 127. The van der Waals surface area contributed by atoms with Crippen LogP contribution in [0.15, 0.2) is 51.8 Å². The second-order valence-electron chi connectivity index (χ2n) is 7.95. The van der Waals surface area contributed by atoms with Gasteiger partial charge in [-0.3, -0.25) is 14.5 Å². The second kappa shape index (κ2) is 9.19. The number of halogens is 2. The highest BCUT2D eigenvalue weighted by Crippen LogP contribution is 2.35. The standard InChI is InChI=1S/C25H22BrIN2O2S/c1-14-9-21(10-15(2)23(14)26)29-16(3)11-19(17(29)4)12-22-24(30)28(25(31)32-22)13-18-5-7-20(27)8-6-18/h5-12H,13H2,1-4H3/b22-12-. The summed E-state index contributed by atoms with van der Waals surface area (Å²) < 4.78 is 4.42. The van der Waals surface area contributed by atoms with Crippen molar-refractivity contribution in [2.75, 3.05) is 0 Å². The Hall–Kier alpha value is -1.84. The molecule has 1 saturated heterocycles. The number of rotatable bonds is 4. The van der Waals surface area contributed by atoms with Crippen molar-refractivity contribution < 1.29 is 9.59 Å². The molecule has 0 bridgehead atoms. The molecule has 3 aromatic rings. The Bertz CT molecular complexity index is 1250. The highest BCUT2D eigenvalue weighted by Gasteiger charge is 2.35. The Balaban J connectivity index is 1.65. The molecule has 0 saturated carbocycles. The predicted molar refractivity (Wildman–Crippen MR) is 143 cm³/mol. The van der Waals surface area contributed by atoms with Gasteiger partial charge >= 0.3 is 0 Å². The average Bonchev–Trinajstić information content (AvgIpc) is 3.16. The quantitative estimate of drug-likeness (QED) is 0.227. The number of imide groups is 1. The highest BCUT2D eigenvalue weighted by molar-refractivity contribution is 14.1. The molecule has 7 heteroatoms. The maximum atomic E-state index is 13.0. The largest absolute Gasteiger partial charge is 0.318 e. The van der Waals surface area contributed by atoms with Gasteiger partial charge < -0.3 is 4.57 Å². The van der Waals surface area contributed by atoms with E-state index in [0.29, 0.717) is 4.91 Å². The van der Waals surface area contributed by atoms with Crippen LogP contribution in [0, 0.1) is 31.3 Å². The molecule has 0 atom stereocenters. The van der Waals surface area contributed by atoms with Gasteiger partial charge in [0.15, 0.2) is 0 Å². The van der Waals surface area contributed by atoms with Crippen molar-refractivity contribution >= 4 is 67.5 Å². The molecule has 2 heterocycles. The summed E-state index contributed by atoms with van der Waals surface area (Å²) in [6, 6.07) is 14.2. The SMILES string of the molecule is Cc1cc(-n2c(C)cc(/C=C3\SC(=O)N(Cc4ccc(I)cc4)C3=O)c2C)cc(C)c1Br. The maximum Gasteiger partial charge on any atom is 0.293 e. The van der Waals surface area contributed by atoms with Crippen molar-refractivity contribution in [3.63, 3.8) is 0 Å². The van der Waals surface area contributed by atoms with E-state index in [1.807, 2.05) is 37.3 Å². The van der Waals surface area contributed by atoms with E-state index in [-0.39, 0.29) is 17.7 Å². The van der Waals surface area contributed by atoms with Crippen LogP contribution in [0.1, 0.15) is 33.6 Å². The third-order valence-electron chi connectivity index (χ3n) is 5.56. The number of aryl methyl sites for hydroxylation is 3. The summed E-state index contributed by atoms with van der Waals surface area (Å²) in [4.78, 5) is 27.3. The van der Waals surface area contributed by atoms with Gasteiger partial charge in [-0.2, -0.15) is 0 Å². The third kappa shape index (κ3) is 4.47. The van der Waals surface area contributed by atoms with E-state index in [1.165, 1.54) is 16.0 Å². The summed E-state index contributed by atoms with van der Waals surface area (Å²) >= 11 is 6.88. The molecular weight excluding hydrogens is 599 g/mol. The van der Waals surface area contributed by atoms with Crippen molar-refractivity contribution in [3.8, 4) is 5.69 Å². The number of hydrogen-bond acceptors (Lipinski definition) is 3. The Labute approximate surface area is 214 Å². The Morgan fingerprint density at radius 3 is 2.25 bits per heavy atom. The van der Waals surface area contributed by atoms with Crippen LogP contribution in [0.5, 0.6) is 0 Å². The molecule has 0 spiro atoms. The van der Waals surface area contributed by atoms with Gasteiger partial charge in [-0.15, -0.1) is 0 Å². The van der Waals surface area contributed by atoms with Crippen molar-refractivity contribution in [2.24, 2.45) is 0 Å². The van der Waals surface area contributed by atoms with E-state index in [0.717, 1.165) is 48.0 Å². The van der Waals surface area contributed by atoms with E-state index in [1.54, 1.807) is 0 Å². The zero-order valence-corrected chi connectivity index (χ0v) is 22.8. The van der Waals surface area contributed by atoms with Crippen LogP contribution in [-0.4, -0.2) is 20.6 Å². The maximum absolute atomic E-state index is 13.0. The lowest BCUT2D eigenvalue weighted by atomic mass is 10.1. The smallest absolute Gasteiger partial charge is 0.293 e. The summed E-state index contributed by atoms with van der Waals surface area (Å²) in [6.07, 6.45) is 1.84. The fraction of sp³-hybridized carbons (Fsp3) is 0.200. The number of hydrogen-bond donors (Lipinski definition) is 0. The molecule has 0 N–H and O–H groups in total. The minimum Gasteiger partial charge on any atom is -0.318 e. The van der Waals surface area contributed by atoms with Crippen LogP contribution in [0.25, 0.3) is 11.8 Å². The van der Waals surface area contributed by atoms with Crippen LogP contribution < -0.4 is 0 Å². The van der Waals surface area contributed by atoms with Gasteiger partial charge in [0, 0.05) is 25.1 Å². The fourth-order valence-electron chi connectivity index (χ4n) is 3.93. The van der Waals surface area contributed by atoms with Crippen molar-refractivity contribution in [1.29, 1.82) is 0 Å². The number of aromatic nitrogens is 1. The molecule has 4 rings (SSSR count). The van der Waals surface area contributed by atoms with Crippen LogP contribution in [0.4, 0.5) is 4.79 Å². The fourth-order valence-corrected chi connectivity index (χ4v) is 5.35. The molecule has 1 aliphatic heterocycles. The number of carbonyl (C=O) groups is 2. The first kappa shape index (κ1) is 23.3. The van der Waals surface area contributed by atoms with Gasteiger partial charge in [0.2, 0.25) is 0 Å². The number of thioether (sulfide) groups is 1. The molecule has 2 aromatic carbocycles. The number of carbonyl (C=O) groups excluding carboxylic acids is 2. The predicted octanol–water partition coefficient (Wildman–Crippen LogP) is 7.31. The van der Waals surface area contributed by atoms with Gasteiger partial charge in [-0.25, -0.2) is 0 Å². The molecule has 4 nitrogen and oxygen atoms in total. The van der Waals surface area contributed by atoms with E-state index < -0.39 is 0 Å². The molecule has 32 heavy (non-hydrogen) atoms. The Kier molecular flexibility index (Phi) is 6.70. The molecular formula is C25H22BrIN2O2S. The van der Waals surface area contributed by atoms with Gasteiger partial charge in [0.25, 0.3) is 11.1 Å². The lowest BCUT2D eigenvalue weighted by Gasteiger charge is -2.13. The first-order valence-electron chi connectivity index (χ1n) is 10.1. The van der Waals surface area contributed by atoms with Crippen LogP contribution >= 0.6 is 50.3 Å². The monoisotopic (exact) mass is 620 g/mol. The van der Waals surface area contributed by atoms with Crippen LogP contribution in [0.2, 0.25) is 0 Å². The first-order valence-corrected chi connectivity index (χ1v) is 12.8. The topological polar surface area (TPSA) is 42.3 Å². The molecule has 2 amide bonds. The first-order chi connectivity index (χ1) is 15.2. The Morgan fingerprint density at radius 2 is 1.62 bits per heavy atom. The van der Waals surface area contributed by atoms with Crippen molar-refractivity contribution in [1.82, 2.24) is 9.47 Å². The van der Waals surface area contributed by atoms with Gasteiger partial charge in [-0.1, -0.05) is 28.1 Å². The van der Waals surface area contributed by atoms with E-state index >= 15 is 0 Å². The molecule has 1 fully saturated rings. The molecule has 164 valence electrons. The van der Waals surface area contributed by atoms with E-state index in [9.17, 15) is 9.59 Å². The minimum atomic E-state index is -0.237. The van der Waals surface area contributed by atoms with Crippen LogP contribution in [0.3, 0.4) is 0 Å². The Morgan fingerprint density at radius 1 is 1.00 bits per heavy atom. The van der Waals surface area contributed by atoms with Gasteiger partial charge in [-0.05, 0) is 121 Å². The minimum absolute atomic E-state index is 0.229. The molecule has 1 aliphatic rings. The summed E-state index contributed by atoms with van der Waals surface area (Å²) in [6.45, 7) is 8.55. The molecule has 0 radical (unpaired) electrons. The zero-order valence-electron chi connectivity index (χ0n) is 18.2. The summed E-state index contributed by atoms with van der Waals surface area (Å²) in [7, 11) is 0. The van der Waals surface area contributed by atoms with E-state index in [2.05, 4.69) is 82.1 Å². The van der Waals surface area contributed by atoms with E-state index in [4.69, 9.17) is 0 Å². The zero-order chi connectivity index (χ0) is 23.2. The number of benzene rings is 2. The van der Waals surface area contributed by atoms with Crippen molar-refractivity contribution in [3.05, 3.63) is 89.1 Å².